The highest BCUT2D eigenvalue weighted by molar-refractivity contribution is 4.67. The standard InChI is InChI=1S/C23H51N3O2/c1-2-3-4-5-6-7-8-9-12-15-18-26(19-20-27)22-23(28)21-25-17-14-11-10-13-16-24/h23,25,27-28H,2-22,24H2,1H3. The summed E-state index contributed by atoms with van der Waals surface area (Å²) in [7, 11) is 0. The van der Waals surface area contributed by atoms with Crippen LogP contribution in [0.5, 0.6) is 0 Å². The molecular formula is C23H51N3O2. The third kappa shape index (κ3) is 20.5. The Kier molecular flexibility index (Phi) is 22.9. The van der Waals surface area contributed by atoms with Gasteiger partial charge in [0.1, 0.15) is 0 Å². The lowest BCUT2D eigenvalue weighted by Crippen LogP contribution is -2.40. The van der Waals surface area contributed by atoms with Crippen molar-refractivity contribution in [3.63, 3.8) is 0 Å². The molecule has 5 N–H and O–H groups in total. The van der Waals surface area contributed by atoms with E-state index >= 15 is 0 Å². The number of rotatable bonds is 23. The van der Waals surface area contributed by atoms with Gasteiger partial charge in [-0.25, -0.2) is 0 Å². The minimum absolute atomic E-state index is 0.166. The Morgan fingerprint density at radius 1 is 0.786 bits per heavy atom. The molecule has 0 heterocycles. The molecule has 28 heavy (non-hydrogen) atoms. The minimum Gasteiger partial charge on any atom is -0.395 e. The maximum atomic E-state index is 10.2. The molecule has 0 bridgehead atoms. The van der Waals surface area contributed by atoms with Gasteiger partial charge in [0.05, 0.1) is 12.7 Å². The molecule has 5 nitrogen and oxygen atoms in total. The largest absolute Gasteiger partial charge is 0.395 e. The normalized spacial score (nSPS) is 12.8. The predicted molar refractivity (Wildman–Crippen MR) is 122 cm³/mol. The van der Waals surface area contributed by atoms with Gasteiger partial charge in [-0.15, -0.1) is 0 Å². The van der Waals surface area contributed by atoms with E-state index in [1.807, 2.05) is 0 Å². The number of nitrogens with two attached hydrogens (primary N) is 1. The average molecular weight is 402 g/mol. The zero-order chi connectivity index (χ0) is 20.7. The molecule has 0 aliphatic rings. The van der Waals surface area contributed by atoms with Crippen LogP contribution in [0.4, 0.5) is 0 Å². The van der Waals surface area contributed by atoms with Crippen molar-refractivity contribution < 1.29 is 10.2 Å². The zero-order valence-corrected chi connectivity index (χ0v) is 18.8. The first-order valence-electron chi connectivity index (χ1n) is 12.2. The summed E-state index contributed by atoms with van der Waals surface area (Å²) < 4.78 is 0. The van der Waals surface area contributed by atoms with Crippen LogP contribution in [0.15, 0.2) is 0 Å². The Hall–Kier alpha value is -0.200. The van der Waals surface area contributed by atoms with E-state index in [9.17, 15) is 10.2 Å². The van der Waals surface area contributed by atoms with Crippen molar-refractivity contribution in [1.29, 1.82) is 0 Å². The quantitative estimate of drug-likeness (QED) is 0.196. The summed E-state index contributed by atoms with van der Waals surface area (Å²) >= 11 is 0. The lowest BCUT2D eigenvalue weighted by atomic mass is 10.1. The summed E-state index contributed by atoms with van der Waals surface area (Å²) in [6.45, 7) is 7.10. The van der Waals surface area contributed by atoms with Gasteiger partial charge in [-0.2, -0.15) is 0 Å². The van der Waals surface area contributed by atoms with Crippen LogP contribution in [0, 0.1) is 0 Å². The molecule has 0 saturated heterocycles. The first-order valence-corrected chi connectivity index (χ1v) is 12.2. The number of nitrogens with zero attached hydrogens (tertiary/aromatic N) is 1. The van der Waals surface area contributed by atoms with Gasteiger partial charge < -0.3 is 21.3 Å². The number of hydrogen-bond acceptors (Lipinski definition) is 5. The van der Waals surface area contributed by atoms with Gasteiger partial charge in [0.25, 0.3) is 0 Å². The molecule has 0 rings (SSSR count). The smallest absolute Gasteiger partial charge is 0.0791 e. The minimum atomic E-state index is -0.362. The molecular weight excluding hydrogens is 350 g/mol. The van der Waals surface area contributed by atoms with E-state index in [-0.39, 0.29) is 12.7 Å². The number of hydrogen-bond donors (Lipinski definition) is 4. The molecule has 0 fully saturated rings. The van der Waals surface area contributed by atoms with Crippen LogP contribution >= 0.6 is 0 Å². The first-order chi connectivity index (χ1) is 13.7. The molecule has 0 spiro atoms. The van der Waals surface area contributed by atoms with Gasteiger partial charge >= 0.3 is 0 Å². The number of nitrogens with one attached hydrogen (secondary N) is 1. The fraction of sp³-hybridized carbons (Fsp3) is 1.00. The molecule has 0 aromatic carbocycles. The van der Waals surface area contributed by atoms with Crippen LogP contribution in [0.2, 0.25) is 0 Å². The van der Waals surface area contributed by atoms with E-state index in [2.05, 4.69) is 17.1 Å². The summed E-state index contributed by atoms with van der Waals surface area (Å²) in [6, 6.07) is 0. The van der Waals surface area contributed by atoms with Crippen LogP contribution < -0.4 is 11.1 Å². The molecule has 170 valence electrons. The number of aliphatic hydroxyl groups excluding tert-OH is 2. The molecule has 1 unspecified atom stereocenters. The van der Waals surface area contributed by atoms with Gasteiger partial charge in [-0.3, -0.25) is 4.90 Å². The monoisotopic (exact) mass is 401 g/mol. The zero-order valence-electron chi connectivity index (χ0n) is 18.8. The summed E-state index contributed by atoms with van der Waals surface area (Å²) in [5.74, 6) is 0. The number of aliphatic hydroxyl groups is 2. The van der Waals surface area contributed by atoms with E-state index in [1.165, 1.54) is 70.6 Å². The van der Waals surface area contributed by atoms with E-state index in [4.69, 9.17) is 5.73 Å². The van der Waals surface area contributed by atoms with Crippen LogP contribution in [-0.4, -0.2) is 67.1 Å². The molecule has 0 radical (unpaired) electrons. The molecule has 0 saturated carbocycles. The van der Waals surface area contributed by atoms with Crippen LogP contribution in [0.1, 0.15) is 96.8 Å². The lowest BCUT2D eigenvalue weighted by molar-refractivity contribution is 0.0976. The summed E-state index contributed by atoms with van der Waals surface area (Å²) in [5.41, 5.74) is 5.49. The lowest BCUT2D eigenvalue weighted by Gasteiger charge is -2.24. The second-order valence-electron chi connectivity index (χ2n) is 8.27. The molecule has 0 aliphatic carbocycles. The summed E-state index contributed by atoms with van der Waals surface area (Å²) in [6.07, 6.45) is 17.7. The van der Waals surface area contributed by atoms with Crippen molar-refractivity contribution in [3.05, 3.63) is 0 Å². The van der Waals surface area contributed by atoms with E-state index in [1.54, 1.807) is 0 Å². The highest BCUT2D eigenvalue weighted by atomic mass is 16.3. The number of unbranched alkanes of at least 4 members (excludes halogenated alkanes) is 12. The Balaban J connectivity index is 3.59. The summed E-state index contributed by atoms with van der Waals surface area (Å²) in [5, 5.41) is 22.9. The Morgan fingerprint density at radius 3 is 1.96 bits per heavy atom. The molecule has 0 amide bonds. The maximum absolute atomic E-state index is 10.2. The van der Waals surface area contributed by atoms with Gasteiger partial charge in [0.2, 0.25) is 0 Å². The molecule has 0 aliphatic heterocycles. The van der Waals surface area contributed by atoms with E-state index in [0.717, 1.165) is 38.9 Å². The van der Waals surface area contributed by atoms with E-state index in [0.29, 0.717) is 19.6 Å². The van der Waals surface area contributed by atoms with Gasteiger partial charge in [-0.05, 0) is 38.9 Å². The third-order valence-corrected chi connectivity index (χ3v) is 5.40. The van der Waals surface area contributed by atoms with Crippen molar-refractivity contribution in [2.24, 2.45) is 5.73 Å². The fourth-order valence-electron chi connectivity index (χ4n) is 3.64. The predicted octanol–water partition coefficient (Wildman–Crippen LogP) is 3.67. The Bertz CT molecular complexity index is 293. The third-order valence-electron chi connectivity index (χ3n) is 5.40. The van der Waals surface area contributed by atoms with Gasteiger partial charge in [-0.1, -0.05) is 77.6 Å². The Labute approximate surface area is 175 Å². The molecule has 0 aromatic heterocycles. The second kappa shape index (κ2) is 23.1. The molecule has 1 atom stereocenters. The SMILES string of the molecule is CCCCCCCCCCCCN(CCO)CC(O)CNCCCCCCN. The average Bonchev–Trinajstić information content (AvgIpc) is 2.68. The van der Waals surface area contributed by atoms with Crippen LogP contribution in [0.3, 0.4) is 0 Å². The van der Waals surface area contributed by atoms with Crippen molar-refractivity contribution in [2.75, 3.05) is 45.9 Å². The van der Waals surface area contributed by atoms with Crippen molar-refractivity contribution >= 4 is 0 Å². The van der Waals surface area contributed by atoms with Gasteiger partial charge in [0.15, 0.2) is 0 Å². The fourth-order valence-corrected chi connectivity index (χ4v) is 3.64. The van der Waals surface area contributed by atoms with Crippen LogP contribution in [-0.2, 0) is 0 Å². The van der Waals surface area contributed by atoms with Gasteiger partial charge in [0, 0.05) is 19.6 Å². The highest BCUT2D eigenvalue weighted by Crippen LogP contribution is 2.11. The summed E-state index contributed by atoms with van der Waals surface area (Å²) in [4.78, 5) is 2.21. The second-order valence-corrected chi connectivity index (χ2v) is 8.27. The van der Waals surface area contributed by atoms with Crippen molar-refractivity contribution in [1.82, 2.24) is 10.2 Å². The Morgan fingerprint density at radius 2 is 1.36 bits per heavy atom. The topological polar surface area (TPSA) is 81.8 Å². The van der Waals surface area contributed by atoms with Crippen LogP contribution in [0.25, 0.3) is 0 Å². The molecule has 0 aromatic rings. The van der Waals surface area contributed by atoms with Crippen molar-refractivity contribution in [3.8, 4) is 0 Å². The van der Waals surface area contributed by atoms with E-state index < -0.39 is 0 Å². The first kappa shape index (κ1) is 27.8. The van der Waals surface area contributed by atoms with Crippen molar-refractivity contribution in [2.45, 2.75) is 103 Å². The highest BCUT2D eigenvalue weighted by Gasteiger charge is 2.11. The molecule has 5 heteroatoms. The maximum Gasteiger partial charge on any atom is 0.0791 e.